The molecule has 5 heteroatoms. The van der Waals surface area contributed by atoms with Crippen LogP contribution < -0.4 is 5.66 Å². The number of carbonyl (C=O) groups is 1. The highest BCUT2D eigenvalue weighted by atomic mass is 16.7. The molecule has 0 radical (unpaired) electrons. The summed E-state index contributed by atoms with van der Waals surface area (Å²) < 4.78 is 17.2. The third kappa shape index (κ3) is 2.17. The summed E-state index contributed by atoms with van der Waals surface area (Å²) in [6.07, 6.45) is 1.09. The van der Waals surface area contributed by atoms with Crippen molar-refractivity contribution < 1.29 is 18.5 Å². The van der Waals surface area contributed by atoms with Crippen molar-refractivity contribution in [1.29, 1.82) is 0 Å². The van der Waals surface area contributed by atoms with E-state index in [-0.39, 0.29) is 17.6 Å². The van der Waals surface area contributed by atoms with Crippen LogP contribution in [0.15, 0.2) is 16.5 Å². The standard InChI is InChI=1S/C12H17BO4/c1-11(2)12(3,4)17-13(16-11)10-6-5-9(15-10)7-8-14/h5-6,8H,7H2,1-4H3. The Morgan fingerprint density at radius 3 is 2.29 bits per heavy atom. The van der Waals surface area contributed by atoms with Crippen LogP contribution in [0.5, 0.6) is 0 Å². The molecule has 2 heterocycles. The highest BCUT2D eigenvalue weighted by Gasteiger charge is 2.53. The lowest BCUT2D eigenvalue weighted by Gasteiger charge is -2.32. The molecular formula is C12H17BO4. The number of aldehydes is 1. The summed E-state index contributed by atoms with van der Waals surface area (Å²) in [5.74, 6) is 0.629. The van der Waals surface area contributed by atoms with Crippen LogP contribution in [0.2, 0.25) is 0 Å². The minimum Gasteiger partial charge on any atom is -0.469 e. The summed E-state index contributed by atoms with van der Waals surface area (Å²) in [5, 5.41) is 0. The third-order valence-corrected chi connectivity index (χ3v) is 3.45. The van der Waals surface area contributed by atoms with Gasteiger partial charge in [0, 0.05) is 0 Å². The zero-order valence-electron chi connectivity index (χ0n) is 10.6. The molecule has 0 bridgehead atoms. The first-order chi connectivity index (χ1) is 7.86. The number of carbonyl (C=O) groups excluding carboxylic acids is 1. The molecule has 0 saturated carbocycles. The van der Waals surface area contributed by atoms with Crippen LogP contribution in [0, 0.1) is 0 Å². The van der Waals surface area contributed by atoms with Gasteiger partial charge in [-0.2, -0.15) is 0 Å². The van der Waals surface area contributed by atoms with Crippen LogP contribution in [-0.2, 0) is 20.5 Å². The molecule has 1 saturated heterocycles. The van der Waals surface area contributed by atoms with Gasteiger partial charge >= 0.3 is 7.12 Å². The van der Waals surface area contributed by atoms with Crippen LogP contribution in [0.3, 0.4) is 0 Å². The SMILES string of the molecule is CC1(C)OB(c2ccc(CC=O)o2)OC1(C)C. The van der Waals surface area contributed by atoms with E-state index in [4.69, 9.17) is 13.7 Å². The summed E-state index contributed by atoms with van der Waals surface area (Å²) >= 11 is 0. The summed E-state index contributed by atoms with van der Waals surface area (Å²) in [4.78, 5) is 10.4. The number of rotatable bonds is 3. The van der Waals surface area contributed by atoms with Crippen LogP contribution in [0.25, 0.3) is 0 Å². The second-order valence-corrected chi connectivity index (χ2v) is 5.26. The lowest BCUT2D eigenvalue weighted by molar-refractivity contribution is -0.107. The first-order valence-electron chi connectivity index (χ1n) is 5.73. The van der Waals surface area contributed by atoms with Crippen molar-refractivity contribution in [3.63, 3.8) is 0 Å². The number of hydrogen-bond donors (Lipinski definition) is 0. The van der Waals surface area contributed by atoms with Crippen LogP contribution in [0.1, 0.15) is 33.5 Å². The maximum absolute atomic E-state index is 10.4. The molecule has 0 atom stereocenters. The van der Waals surface area contributed by atoms with Gasteiger partial charge in [0.2, 0.25) is 0 Å². The Balaban J connectivity index is 2.17. The van der Waals surface area contributed by atoms with Crippen molar-refractivity contribution in [1.82, 2.24) is 0 Å². The Kier molecular flexibility index (Phi) is 2.91. The molecule has 1 aliphatic rings. The van der Waals surface area contributed by atoms with E-state index in [1.165, 1.54) is 0 Å². The van der Waals surface area contributed by atoms with E-state index in [0.29, 0.717) is 11.4 Å². The summed E-state index contributed by atoms with van der Waals surface area (Å²) in [5.41, 5.74) is -0.148. The fourth-order valence-corrected chi connectivity index (χ4v) is 1.67. The molecule has 0 aliphatic carbocycles. The van der Waals surface area contributed by atoms with Crippen LogP contribution in [0.4, 0.5) is 0 Å². The molecule has 0 amide bonds. The topological polar surface area (TPSA) is 48.7 Å². The Bertz CT molecular complexity index is 406. The van der Waals surface area contributed by atoms with Crippen molar-refractivity contribution in [2.45, 2.75) is 45.3 Å². The Morgan fingerprint density at radius 2 is 1.76 bits per heavy atom. The molecule has 0 unspecified atom stereocenters. The summed E-state index contributed by atoms with van der Waals surface area (Å²) in [6, 6.07) is 3.57. The lowest BCUT2D eigenvalue weighted by Crippen LogP contribution is -2.41. The maximum atomic E-state index is 10.4. The molecule has 0 N–H and O–H groups in total. The molecule has 1 aromatic rings. The van der Waals surface area contributed by atoms with Crippen molar-refractivity contribution in [2.75, 3.05) is 0 Å². The predicted molar refractivity (Wildman–Crippen MR) is 64.2 cm³/mol. The highest BCUT2D eigenvalue weighted by Crippen LogP contribution is 2.36. The van der Waals surface area contributed by atoms with E-state index in [0.717, 1.165) is 6.29 Å². The maximum Gasteiger partial charge on any atom is 0.532 e. The minimum atomic E-state index is -0.500. The van der Waals surface area contributed by atoms with Gasteiger partial charge in [0.1, 0.15) is 17.7 Å². The fourth-order valence-electron chi connectivity index (χ4n) is 1.67. The molecule has 0 aromatic carbocycles. The fraction of sp³-hybridized carbons (Fsp3) is 0.583. The molecule has 0 spiro atoms. The Labute approximate surface area is 101 Å². The zero-order chi connectivity index (χ0) is 12.7. The van der Waals surface area contributed by atoms with Gasteiger partial charge in [-0.05, 0) is 39.8 Å². The average molecular weight is 236 g/mol. The molecule has 4 nitrogen and oxygen atoms in total. The first kappa shape index (κ1) is 12.4. The van der Waals surface area contributed by atoms with Crippen LogP contribution in [-0.4, -0.2) is 24.6 Å². The van der Waals surface area contributed by atoms with Gasteiger partial charge in [0.05, 0.1) is 17.6 Å². The van der Waals surface area contributed by atoms with Gasteiger partial charge in [-0.15, -0.1) is 0 Å². The van der Waals surface area contributed by atoms with E-state index in [9.17, 15) is 4.79 Å². The van der Waals surface area contributed by atoms with Gasteiger partial charge in [-0.3, -0.25) is 0 Å². The minimum absolute atomic E-state index is 0.277. The van der Waals surface area contributed by atoms with Gasteiger partial charge in [-0.25, -0.2) is 0 Å². The largest absolute Gasteiger partial charge is 0.532 e. The third-order valence-electron chi connectivity index (χ3n) is 3.45. The molecule has 1 fully saturated rings. The summed E-state index contributed by atoms with van der Waals surface area (Å²) in [7, 11) is -0.500. The smallest absolute Gasteiger partial charge is 0.469 e. The predicted octanol–water partition coefficient (Wildman–Crippen LogP) is 1.32. The van der Waals surface area contributed by atoms with Gasteiger partial charge in [-0.1, -0.05) is 0 Å². The van der Waals surface area contributed by atoms with E-state index < -0.39 is 7.12 Å². The van der Waals surface area contributed by atoms with Crippen LogP contribution >= 0.6 is 0 Å². The molecule has 1 aromatic heterocycles. The molecule has 1 aliphatic heterocycles. The van der Waals surface area contributed by atoms with Gasteiger partial charge in [0.25, 0.3) is 0 Å². The summed E-state index contributed by atoms with van der Waals surface area (Å²) in [6.45, 7) is 7.95. The molecule has 2 rings (SSSR count). The average Bonchev–Trinajstić information content (AvgIpc) is 2.71. The van der Waals surface area contributed by atoms with Crippen molar-refractivity contribution in [3.8, 4) is 0 Å². The van der Waals surface area contributed by atoms with E-state index in [1.54, 1.807) is 12.1 Å². The first-order valence-corrected chi connectivity index (χ1v) is 5.73. The number of hydrogen-bond acceptors (Lipinski definition) is 4. The number of furan rings is 1. The van der Waals surface area contributed by atoms with Crippen molar-refractivity contribution in [2.24, 2.45) is 0 Å². The Morgan fingerprint density at radius 1 is 1.18 bits per heavy atom. The highest BCUT2D eigenvalue weighted by molar-refractivity contribution is 6.60. The van der Waals surface area contributed by atoms with Gasteiger partial charge < -0.3 is 18.5 Å². The molecule has 17 heavy (non-hydrogen) atoms. The second-order valence-electron chi connectivity index (χ2n) is 5.26. The van der Waals surface area contributed by atoms with E-state index >= 15 is 0 Å². The Hall–Kier alpha value is -1.07. The van der Waals surface area contributed by atoms with E-state index in [1.807, 2.05) is 27.7 Å². The lowest BCUT2D eigenvalue weighted by atomic mass is 9.86. The monoisotopic (exact) mass is 236 g/mol. The van der Waals surface area contributed by atoms with Crippen molar-refractivity contribution >= 4 is 19.1 Å². The van der Waals surface area contributed by atoms with E-state index in [2.05, 4.69) is 0 Å². The normalized spacial score (nSPS) is 21.8. The molecule has 92 valence electrons. The van der Waals surface area contributed by atoms with Crippen molar-refractivity contribution in [3.05, 3.63) is 17.9 Å². The zero-order valence-corrected chi connectivity index (χ0v) is 10.6. The quantitative estimate of drug-likeness (QED) is 0.586. The van der Waals surface area contributed by atoms with Gasteiger partial charge in [0.15, 0.2) is 0 Å². The molecular weight excluding hydrogens is 219 g/mol. The second kappa shape index (κ2) is 4.00.